The SMILES string of the molecule is O=C(O)C1=CS[C@@H]2C(=Cc3cnc(Cc4ccccc4)[nH]3)C(=O)N12. The number of amides is 1. The smallest absolute Gasteiger partial charge is 0.353 e. The summed E-state index contributed by atoms with van der Waals surface area (Å²) in [4.78, 5) is 32.1. The Labute approximate surface area is 141 Å². The predicted octanol–water partition coefficient (Wildman–Crippen LogP) is 2.22. The van der Waals surface area contributed by atoms with Gasteiger partial charge in [-0.25, -0.2) is 9.78 Å². The molecular formula is C17H13N3O3S. The minimum absolute atomic E-state index is 0.0431. The molecule has 2 aromatic rings. The first-order chi connectivity index (χ1) is 11.6. The van der Waals surface area contributed by atoms with Crippen LogP contribution in [0.2, 0.25) is 0 Å². The maximum absolute atomic E-state index is 12.2. The van der Waals surface area contributed by atoms with Crippen LogP contribution in [-0.4, -0.2) is 37.2 Å². The fourth-order valence-corrected chi connectivity index (χ4v) is 3.88. The van der Waals surface area contributed by atoms with Crippen LogP contribution < -0.4 is 0 Å². The number of β-lactam (4-membered cyclic amide) rings is 1. The van der Waals surface area contributed by atoms with Gasteiger partial charge in [-0.1, -0.05) is 30.3 Å². The van der Waals surface area contributed by atoms with Gasteiger partial charge in [-0.3, -0.25) is 9.69 Å². The second kappa shape index (κ2) is 5.68. The first kappa shape index (κ1) is 14.8. The molecule has 1 aromatic carbocycles. The molecule has 2 aliphatic rings. The second-order valence-electron chi connectivity index (χ2n) is 5.52. The minimum atomic E-state index is -1.08. The molecule has 1 atom stereocenters. The van der Waals surface area contributed by atoms with Crippen molar-refractivity contribution in [1.82, 2.24) is 14.9 Å². The summed E-state index contributed by atoms with van der Waals surface area (Å²) in [6.45, 7) is 0. The quantitative estimate of drug-likeness (QED) is 0.659. The number of imidazole rings is 1. The molecule has 1 fully saturated rings. The van der Waals surface area contributed by atoms with E-state index >= 15 is 0 Å². The van der Waals surface area contributed by atoms with Crippen LogP contribution in [0.4, 0.5) is 0 Å². The third-order valence-electron chi connectivity index (χ3n) is 3.93. The van der Waals surface area contributed by atoms with E-state index in [0.29, 0.717) is 12.0 Å². The summed E-state index contributed by atoms with van der Waals surface area (Å²) in [5, 5.41) is 10.3. The summed E-state index contributed by atoms with van der Waals surface area (Å²) in [5.41, 5.74) is 2.52. The molecule has 0 radical (unpaired) electrons. The Hall–Kier alpha value is -2.80. The number of aromatic amines is 1. The number of hydrogen-bond acceptors (Lipinski definition) is 4. The molecule has 120 valence electrons. The van der Waals surface area contributed by atoms with Crippen molar-refractivity contribution in [2.45, 2.75) is 11.8 Å². The van der Waals surface area contributed by atoms with Crippen molar-refractivity contribution < 1.29 is 14.7 Å². The largest absolute Gasteiger partial charge is 0.477 e. The summed E-state index contributed by atoms with van der Waals surface area (Å²) >= 11 is 1.33. The van der Waals surface area contributed by atoms with E-state index in [9.17, 15) is 9.59 Å². The van der Waals surface area contributed by atoms with E-state index in [4.69, 9.17) is 5.11 Å². The molecule has 1 amide bonds. The molecule has 2 N–H and O–H groups in total. The van der Waals surface area contributed by atoms with E-state index in [2.05, 4.69) is 9.97 Å². The monoisotopic (exact) mass is 339 g/mol. The van der Waals surface area contributed by atoms with Gasteiger partial charge in [0.05, 0.1) is 17.5 Å². The van der Waals surface area contributed by atoms with E-state index in [-0.39, 0.29) is 17.0 Å². The number of H-pyrrole nitrogens is 1. The lowest BCUT2D eigenvalue weighted by atomic mass is 10.0. The molecule has 3 heterocycles. The number of carbonyl (C=O) groups excluding carboxylic acids is 1. The molecule has 4 rings (SSSR count). The summed E-state index contributed by atoms with van der Waals surface area (Å²) in [7, 11) is 0. The van der Waals surface area contributed by atoms with Crippen molar-refractivity contribution in [3.8, 4) is 0 Å². The number of carboxylic acid groups (broad SMARTS) is 1. The number of nitrogens with zero attached hydrogens (tertiary/aromatic N) is 2. The Morgan fingerprint density at radius 2 is 2.17 bits per heavy atom. The Balaban J connectivity index is 1.50. The number of nitrogens with one attached hydrogen (secondary N) is 1. The van der Waals surface area contributed by atoms with Crippen LogP contribution in [0.3, 0.4) is 0 Å². The number of aliphatic carboxylic acids is 1. The zero-order valence-corrected chi connectivity index (χ0v) is 13.3. The molecule has 1 saturated heterocycles. The van der Waals surface area contributed by atoms with Crippen LogP contribution in [0.5, 0.6) is 0 Å². The standard InChI is InChI=1S/C17H13N3O3S/c21-15-12(16-20(15)13(9-24-16)17(22)23)7-11-8-18-14(19-11)6-10-4-2-1-3-5-10/h1-5,7-9,16H,6H2,(H,18,19)(H,22,23)/t16-/m1/s1. The Kier molecular flexibility index (Phi) is 3.50. The van der Waals surface area contributed by atoms with E-state index in [1.54, 1.807) is 12.3 Å². The van der Waals surface area contributed by atoms with E-state index in [1.165, 1.54) is 22.1 Å². The average molecular weight is 339 g/mol. The number of thioether (sulfide) groups is 1. The minimum Gasteiger partial charge on any atom is -0.477 e. The van der Waals surface area contributed by atoms with Crippen molar-refractivity contribution in [2.24, 2.45) is 0 Å². The number of carbonyl (C=O) groups is 2. The zero-order chi connectivity index (χ0) is 16.7. The second-order valence-corrected chi connectivity index (χ2v) is 6.47. The lowest BCUT2D eigenvalue weighted by Gasteiger charge is -2.37. The van der Waals surface area contributed by atoms with Gasteiger partial charge in [0.15, 0.2) is 0 Å². The first-order valence-corrected chi connectivity index (χ1v) is 8.29. The maximum Gasteiger partial charge on any atom is 0.353 e. The third kappa shape index (κ3) is 2.43. The van der Waals surface area contributed by atoms with Crippen LogP contribution in [0.25, 0.3) is 6.08 Å². The van der Waals surface area contributed by atoms with Gasteiger partial charge in [-0.15, -0.1) is 11.8 Å². The van der Waals surface area contributed by atoms with Crippen LogP contribution in [0, 0.1) is 0 Å². The van der Waals surface area contributed by atoms with E-state index < -0.39 is 5.97 Å². The lowest BCUT2D eigenvalue weighted by molar-refractivity contribution is -0.141. The fourth-order valence-electron chi connectivity index (χ4n) is 2.76. The van der Waals surface area contributed by atoms with Crippen molar-refractivity contribution in [3.63, 3.8) is 0 Å². The van der Waals surface area contributed by atoms with Gasteiger partial charge in [-0.2, -0.15) is 0 Å². The molecule has 7 heteroatoms. The molecule has 1 aromatic heterocycles. The van der Waals surface area contributed by atoms with Gasteiger partial charge in [0.2, 0.25) is 0 Å². The van der Waals surface area contributed by atoms with Crippen LogP contribution in [0.15, 0.2) is 53.2 Å². The van der Waals surface area contributed by atoms with Crippen molar-refractivity contribution in [1.29, 1.82) is 0 Å². The average Bonchev–Trinajstić information content (AvgIpc) is 3.18. The van der Waals surface area contributed by atoms with Gasteiger partial charge in [0.1, 0.15) is 16.9 Å². The maximum atomic E-state index is 12.2. The molecule has 0 unspecified atom stereocenters. The Bertz CT molecular complexity index is 885. The molecule has 0 bridgehead atoms. The predicted molar refractivity (Wildman–Crippen MR) is 89.8 cm³/mol. The third-order valence-corrected chi connectivity index (χ3v) is 5.01. The fraction of sp³-hybridized carbons (Fsp3) is 0.118. The number of rotatable bonds is 4. The van der Waals surface area contributed by atoms with Gasteiger partial charge < -0.3 is 10.1 Å². The molecule has 0 aliphatic carbocycles. The highest BCUT2D eigenvalue weighted by atomic mass is 32.2. The number of aromatic nitrogens is 2. The Morgan fingerprint density at radius 3 is 2.92 bits per heavy atom. The summed E-state index contributed by atoms with van der Waals surface area (Å²) in [6.07, 6.45) is 4.12. The van der Waals surface area contributed by atoms with Crippen LogP contribution in [0.1, 0.15) is 17.1 Å². The zero-order valence-electron chi connectivity index (χ0n) is 12.5. The summed E-state index contributed by atoms with van der Waals surface area (Å²) < 4.78 is 0. The molecule has 0 saturated carbocycles. The summed E-state index contributed by atoms with van der Waals surface area (Å²) in [5.74, 6) is -0.526. The van der Waals surface area contributed by atoms with Gasteiger partial charge in [0.25, 0.3) is 5.91 Å². The topological polar surface area (TPSA) is 86.3 Å². The number of benzene rings is 1. The number of fused-ring (bicyclic) bond motifs is 1. The van der Waals surface area contributed by atoms with Crippen molar-refractivity contribution in [2.75, 3.05) is 0 Å². The van der Waals surface area contributed by atoms with Crippen LogP contribution >= 0.6 is 11.8 Å². The van der Waals surface area contributed by atoms with Gasteiger partial charge >= 0.3 is 5.97 Å². The first-order valence-electron chi connectivity index (χ1n) is 7.35. The number of carboxylic acids is 1. The Morgan fingerprint density at radius 1 is 1.38 bits per heavy atom. The van der Waals surface area contributed by atoms with E-state index in [1.807, 2.05) is 30.3 Å². The highest BCUT2D eigenvalue weighted by Gasteiger charge is 2.49. The lowest BCUT2D eigenvalue weighted by Crippen LogP contribution is -2.51. The molecule has 2 aliphatic heterocycles. The van der Waals surface area contributed by atoms with Crippen molar-refractivity contribution >= 4 is 29.7 Å². The highest BCUT2D eigenvalue weighted by Crippen LogP contribution is 2.44. The summed E-state index contributed by atoms with van der Waals surface area (Å²) in [6, 6.07) is 9.99. The van der Waals surface area contributed by atoms with Gasteiger partial charge in [-0.05, 0) is 11.6 Å². The number of hydrogen-bond donors (Lipinski definition) is 2. The van der Waals surface area contributed by atoms with E-state index in [0.717, 1.165) is 17.1 Å². The normalized spacial score (nSPS) is 20.8. The van der Waals surface area contributed by atoms with Crippen molar-refractivity contribution in [3.05, 3.63) is 70.3 Å². The van der Waals surface area contributed by atoms with Crippen LogP contribution in [-0.2, 0) is 16.0 Å². The molecule has 0 spiro atoms. The molecule has 24 heavy (non-hydrogen) atoms. The molecular weight excluding hydrogens is 326 g/mol. The highest BCUT2D eigenvalue weighted by molar-refractivity contribution is 8.03. The molecule has 6 nitrogen and oxygen atoms in total. The van der Waals surface area contributed by atoms with Gasteiger partial charge in [0, 0.05) is 11.8 Å².